The lowest BCUT2D eigenvalue weighted by molar-refractivity contribution is -0.126. The molecule has 0 radical (unpaired) electrons. The summed E-state index contributed by atoms with van der Waals surface area (Å²) in [4.78, 5) is 22.8. The third-order valence-electron chi connectivity index (χ3n) is 2.11. The van der Waals surface area contributed by atoms with Crippen molar-refractivity contribution in [2.75, 3.05) is 0 Å². The van der Waals surface area contributed by atoms with Crippen molar-refractivity contribution in [1.82, 2.24) is 0 Å². The van der Waals surface area contributed by atoms with Crippen LogP contribution in [0, 0.1) is 5.41 Å². The molecule has 0 fully saturated rings. The Labute approximate surface area is 92.8 Å². The van der Waals surface area contributed by atoms with E-state index in [1.807, 2.05) is 34.6 Å². The highest BCUT2D eigenvalue weighted by molar-refractivity contribution is 5.90. The largest absolute Gasteiger partial charge is 0.299 e. The van der Waals surface area contributed by atoms with E-state index >= 15 is 0 Å². The number of carbonyl (C=O) groups excluding carboxylic acids is 2. The minimum Gasteiger partial charge on any atom is -0.299 e. The highest BCUT2D eigenvalue weighted by atomic mass is 16.1. The third-order valence-corrected chi connectivity index (χ3v) is 2.11. The molecular formula is C13H22O2. The Hall–Kier alpha value is -0.920. The summed E-state index contributed by atoms with van der Waals surface area (Å²) in [5.41, 5.74) is 0.738. The lowest BCUT2D eigenvalue weighted by atomic mass is 9.88. The maximum atomic E-state index is 11.5. The molecule has 0 aliphatic rings. The van der Waals surface area contributed by atoms with Crippen molar-refractivity contribution in [2.45, 2.75) is 53.9 Å². The molecule has 0 bridgehead atoms. The van der Waals surface area contributed by atoms with Gasteiger partial charge in [0.05, 0.1) is 0 Å². The van der Waals surface area contributed by atoms with Gasteiger partial charge >= 0.3 is 0 Å². The van der Waals surface area contributed by atoms with Gasteiger partial charge in [0.1, 0.15) is 5.78 Å². The summed E-state index contributed by atoms with van der Waals surface area (Å²) in [5.74, 6) is 0.351. The molecule has 0 aromatic heterocycles. The van der Waals surface area contributed by atoms with Gasteiger partial charge in [-0.25, -0.2) is 0 Å². The Kier molecular flexibility index (Phi) is 5.48. The fourth-order valence-corrected chi connectivity index (χ4v) is 1.19. The van der Waals surface area contributed by atoms with Crippen LogP contribution >= 0.6 is 0 Å². The lowest BCUT2D eigenvalue weighted by Gasteiger charge is -2.15. The SMILES string of the molecule is CC(C)=CC(=O)CCCC(=O)C(C)(C)C. The van der Waals surface area contributed by atoms with Crippen LogP contribution in [0.3, 0.4) is 0 Å². The molecule has 0 spiro atoms. The molecule has 0 aliphatic carbocycles. The minimum atomic E-state index is -0.278. The maximum absolute atomic E-state index is 11.5. The van der Waals surface area contributed by atoms with E-state index in [1.54, 1.807) is 6.08 Å². The fraction of sp³-hybridized carbons (Fsp3) is 0.692. The summed E-state index contributed by atoms with van der Waals surface area (Å²) in [6.45, 7) is 9.53. The van der Waals surface area contributed by atoms with Gasteiger partial charge in [-0.05, 0) is 26.3 Å². The molecular weight excluding hydrogens is 188 g/mol. The van der Waals surface area contributed by atoms with Gasteiger partial charge in [-0.3, -0.25) is 9.59 Å². The minimum absolute atomic E-state index is 0.122. The summed E-state index contributed by atoms with van der Waals surface area (Å²) in [6, 6.07) is 0. The number of carbonyl (C=O) groups is 2. The van der Waals surface area contributed by atoms with Crippen LogP contribution in [0.15, 0.2) is 11.6 Å². The van der Waals surface area contributed by atoms with Gasteiger partial charge in [-0.2, -0.15) is 0 Å². The number of hydrogen-bond donors (Lipinski definition) is 0. The molecule has 0 unspecified atom stereocenters. The van der Waals surface area contributed by atoms with Crippen molar-refractivity contribution in [3.63, 3.8) is 0 Å². The number of allylic oxidation sites excluding steroid dienone is 2. The molecule has 0 aliphatic heterocycles. The van der Waals surface area contributed by atoms with Gasteiger partial charge in [0.15, 0.2) is 5.78 Å². The Morgan fingerprint density at radius 2 is 1.60 bits per heavy atom. The fourth-order valence-electron chi connectivity index (χ4n) is 1.19. The van der Waals surface area contributed by atoms with Crippen LogP contribution in [0.4, 0.5) is 0 Å². The first-order valence-electron chi connectivity index (χ1n) is 5.44. The average Bonchev–Trinajstić information content (AvgIpc) is 2.00. The molecule has 0 N–H and O–H groups in total. The lowest BCUT2D eigenvalue weighted by Crippen LogP contribution is -2.19. The van der Waals surface area contributed by atoms with Crippen molar-refractivity contribution >= 4 is 11.6 Å². The van der Waals surface area contributed by atoms with Crippen molar-refractivity contribution < 1.29 is 9.59 Å². The van der Waals surface area contributed by atoms with Gasteiger partial charge in [-0.15, -0.1) is 0 Å². The molecule has 0 amide bonds. The van der Waals surface area contributed by atoms with Crippen LogP contribution in [0.25, 0.3) is 0 Å². The van der Waals surface area contributed by atoms with E-state index in [0.29, 0.717) is 19.3 Å². The molecule has 0 heterocycles. The molecule has 0 atom stereocenters. The second-order valence-corrected chi connectivity index (χ2v) is 5.21. The molecule has 0 rings (SSSR count). The predicted molar refractivity (Wildman–Crippen MR) is 62.8 cm³/mol. The van der Waals surface area contributed by atoms with E-state index in [4.69, 9.17) is 0 Å². The van der Waals surface area contributed by atoms with Crippen molar-refractivity contribution in [2.24, 2.45) is 5.41 Å². The first-order chi connectivity index (χ1) is 6.73. The summed E-state index contributed by atoms with van der Waals surface area (Å²) in [7, 11) is 0. The molecule has 86 valence electrons. The summed E-state index contributed by atoms with van der Waals surface area (Å²) >= 11 is 0. The van der Waals surface area contributed by atoms with E-state index < -0.39 is 0 Å². The average molecular weight is 210 g/mol. The van der Waals surface area contributed by atoms with Crippen LogP contribution in [-0.2, 0) is 9.59 Å². The second kappa shape index (κ2) is 5.84. The number of ketones is 2. The van der Waals surface area contributed by atoms with Crippen LogP contribution in [0.2, 0.25) is 0 Å². The van der Waals surface area contributed by atoms with Crippen LogP contribution in [0.5, 0.6) is 0 Å². The molecule has 2 heteroatoms. The molecule has 0 aromatic carbocycles. The normalized spacial score (nSPS) is 11.0. The monoisotopic (exact) mass is 210 g/mol. The predicted octanol–water partition coefficient (Wildman–Crippen LogP) is 3.31. The number of rotatable bonds is 5. The van der Waals surface area contributed by atoms with E-state index in [-0.39, 0.29) is 17.0 Å². The van der Waals surface area contributed by atoms with Crippen molar-refractivity contribution in [3.8, 4) is 0 Å². The van der Waals surface area contributed by atoms with Crippen molar-refractivity contribution in [1.29, 1.82) is 0 Å². The van der Waals surface area contributed by atoms with Gasteiger partial charge in [0.2, 0.25) is 0 Å². The van der Waals surface area contributed by atoms with Gasteiger partial charge in [0, 0.05) is 18.3 Å². The Bertz CT molecular complexity index is 263. The molecule has 0 aromatic rings. The summed E-state index contributed by atoms with van der Waals surface area (Å²) < 4.78 is 0. The second-order valence-electron chi connectivity index (χ2n) is 5.21. The zero-order valence-electron chi connectivity index (χ0n) is 10.5. The summed E-state index contributed by atoms with van der Waals surface area (Å²) in [5, 5.41) is 0. The van der Waals surface area contributed by atoms with Gasteiger partial charge in [0.25, 0.3) is 0 Å². The first-order valence-corrected chi connectivity index (χ1v) is 5.44. The Morgan fingerprint density at radius 1 is 1.07 bits per heavy atom. The van der Waals surface area contributed by atoms with Crippen LogP contribution in [0.1, 0.15) is 53.9 Å². The zero-order valence-corrected chi connectivity index (χ0v) is 10.5. The third kappa shape index (κ3) is 7.06. The smallest absolute Gasteiger partial charge is 0.155 e. The zero-order chi connectivity index (χ0) is 12.1. The first kappa shape index (κ1) is 14.1. The molecule has 0 saturated carbocycles. The van der Waals surface area contributed by atoms with Gasteiger partial charge in [-0.1, -0.05) is 26.3 Å². The van der Waals surface area contributed by atoms with Crippen molar-refractivity contribution in [3.05, 3.63) is 11.6 Å². The molecule has 0 saturated heterocycles. The summed E-state index contributed by atoms with van der Waals surface area (Å²) in [6.07, 6.45) is 3.29. The van der Waals surface area contributed by atoms with Crippen LogP contribution < -0.4 is 0 Å². The molecule has 15 heavy (non-hydrogen) atoms. The number of Topliss-reactive ketones (excluding diaryl/α,β-unsaturated/α-hetero) is 1. The standard InChI is InChI=1S/C13H22O2/c1-10(2)9-11(14)7-6-8-12(15)13(3,4)5/h9H,6-8H2,1-5H3. The van der Waals surface area contributed by atoms with E-state index in [0.717, 1.165) is 5.57 Å². The highest BCUT2D eigenvalue weighted by Gasteiger charge is 2.20. The molecule has 2 nitrogen and oxygen atoms in total. The topological polar surface area (TPSA) is 34.1 Å². The quantitative estimate of drug-likeness (QED) is 0.652. The van der Waals surface area contributed by atoms with E-state index in [1.165, 1.54) is 0 Å². The highest BCUT2D eigenvalue weighted by Crippen LogP contribution is 2.18. The van der Waals surface area contributed by atoms with E-state index in [9.17, 15) is 9.59 Å². The maximum Gasteiger partial charge on any atom is 0.155 e. The van der Waals surface area contributed by atoms with E-state index in [2.05, 4.69) is 0 Å². The van der Waals surface area contributed by atoms with Gasteiger partial charge < -0.3 is 0 Å². The Morgan fingerprint density at radius 3 is 2.00 bits per heavy atom. The number of hydrogen-bond acceptors (Lipinski definition) is 2. The van der Waals surface area contributed by atoms with Crippen LogP contribution in [-0.4, -0.2) is 11.6 Å². The Balaban J connectivity index is 3.87.